The number of aromatic nitrogens is 1. The molecule has 0 spiro atoms. The van der Waals surface area contributed by atoms with Crippen LogP contribution in [0.3, 0.4) is 0 Å². The Morgan fingerprint density at radius 2 is 1.76 bits per heavy atom. The Morgan fingerprint density at radius 3 is 2.36 bits per heavy atom. The van der Waals surface area contributed by atoms with E-state index in [9.17, 15) is 0 Å². The van der Waals surface area contributed by atoms with Crippen LogP contribution in [0.1, 0.15) is 33.6 Å². The average Bonchev–Trinajstić information content (AvgIpc) is 2.75. The molecule has 3 aromatic rings. The van der Waals surface area contributed by atoms with E-state index in [0.717, 1.165) is 59.3 Å². The van der Waals surface area contributed by atoms with E-state index in [4.69, 9.17) is 38.8 Å². The second-order valence-electron chi connectivity index (χ2n) is 7.69. The van der Waals surface area contributed by atoms with E-state index in [1.807, 2.05) is 24.3 Å². The van der Waals surface area contributed by atoms with Gasteiger partial charge in [0.05, 0.1) is 23.8 Å². The van der Waals surface area contributed by atoms with Crippen LogP contribution < -0.4 is 10.1 Å². The summed E-state index contributed by atoms with van der Waals surface area (Å²) in [5, 5.41) is 6.61. The highest BCUT2D eigenvalue weighted by Gasteiger charge is 2.13. The SMILES string of the molecule is CCN(CC)CCCC(C)Nc1c2ccc(Cl)cc2nc2ccc(OC)cc12.O=S(=O)(O)O. The van der Waals surface area contributed by atoms with Crippen molar-refractivity contribution in [2.75, 3.05) is 32.1 Å². The van der Waals surface area contributed by atoms with E-state index in [-0.39, 0.29) is 0 Å². The summed E-state index contributed by atoms with van der Waals surface area (Å²) in [5.41, 5.74) is 2.95. The van der Waals surface area contributed by atoms with Gasteiger partial charge in [0.25, 0.3) is 0 Å². The van der Waals surface area contributed by atoms with E-state index in [0.29, 0.717) is 11.1 Å². The fraction of sp³-hybridized carbons (Fsp3) is 0.435. The highest BCUT2D eigenvalue weighted by Crippen LogP contribution is 2.34. The third-order valence-corrected chi connectivity index (χ3v) is 5.57. The Kier molecular flexibility index (Phi) is 10.1. The van der Waals surface area contributed by atoms with Crippen molar-refractivity contribution in [2.24, 2.45) is 0 Å². The first-order valence-corrected chi connectivity index (χ1v) is 12.6. The van der Waals surface area contributed by atoms with Gasteiger partial charge in [-0.15, -0.1) is 0 Å². The topological polar surface area (TPSA) is 112 Å². The lowest BCUT2D eigenvalue weighted by molar-refractivity contribution is 0.295. The van der Waals surface area contributed by atoms with Crippen LogP contribution in [0.4, 0.5) is 5.69 Å². The van der Waals surface area contributed by atoms with Crippen LogP contribution in [0.15, 0.2) is 36.4 Å². The van der Waals surface area contributed by atoms with Crippen LogP contribution in [-0.4, -0.2) is 60.2 Å². The molecular formula is C23H32ClN3O5S. The number of hydrogen-bond acceptors (Lipinski definition) is 6. The molecule has 1 atom stereocenters. The summed E-state index contributed by atoms with van der Waals surface area (Å²) in [6.07, 6.45) is 2.28. The van der Waals surface area contributed by atoms with Crippen LogP contribution in [-0.2, 0) is 10.4 Å². The minimum atomic E-state index is -4.67. The molecule has 8 nitrogen and oxygen atoms in total. The number of halogens is 1. The molecule has 0 aliphatic rings. The van der Waals surface area contributed by atoms with Crippen molar-refractivity contribution in [1.82, 2.24) is 9.88 Å². The molecule has 1 heterocycles. The molecule has 2 aromatic carbocycles. The van der Waals surface area contributed by atoms with E-state index in [2.05, 4.69) is 43.1 Å². The normalized spacial score (nSPS) is 12.5. The summed E-state index contributed by atoms with van der Waals surface area (Å²) in [7, 11) is -2.97. The van der Waals surface area contributed by atoms with Crippen molar-refractivity contribution in [3.63, 3.8) is 0 Å². The van der Waals surface area contributed by atoms with Gasteiger partial charge in [-0.3, -0.25) is 9.11 Å². The summed E-state index contributed by atoms with van der Waals surface area (Å²) >= 11 is 6.22. The second-order valence-corrected chi connectivity index (χ2v) is 9.03. The molecule has 0 saturated heterocycles. The number of pyridine rings is 1. The second kappa shape index (κ2) is 12.3. The summed E-state index contributed by atoms with van der Waals surface area (Å²) in [6, 6.07) is 12.3. The number of hydrogen-bond donors (Lipinski definition) is 3. The molecule has 0 aliphatic heterocycles. The fourth-order valence-corrected chi connectivity index (χ4v) is 3.82. The number of nitrogens with one attached hydrogen (secondary N) is 1. The Hall–Kier alpha value is -2.17. The van der Waals surface area contributed by atoms with Crippen molar-refractivity contribution in [3.05, 3.63) is 41.4 Å². The van der Waals surface area contributed by atoms with Crippen LogP contribution in [0, 0.1) is 0 Å². The van der Waals surface area contributed by atoms with E-state index in [1.165, 1.54) is 6.42 Å². The van der Waals surface area contributed by atoms with E-state index in [1.54, 1.807) is 7.11 Å². The monoisotopic (exact) mass is 497 g/mol. The van der Waals surface area contributed by atoms with Gasteiger partial charge in [-0.1, -0.05) is 25.4 Å². The van der Waals surface area contributed by atoms with Gasteiger partial charge in [-0.2, -0.15) is 8.42 Å². The lowest BCUT2D eigenvalue weighted by atomic mass is 10.1. The molecule has 33 heavy (non-hydrogen) atoms. The number of rotatable bonds is 9. The predicted octanol–water partition coefficient (Wildman–Crippen LogP) is 5.32. The maximum Gasteiger partial charge on any atom is 0.394 e. The van der Waals surface area contributed by atoms with Crippen LogP contribution in [0.5, 0.6) is 5.75 Å². The number of nitrogens with zero attached hydrogens (tertiary/aromatic N) is 2. The lowest BCUT2D eigenvalue weighted by Gasteiger charge is -2.22. The Bertz CT molecular complexity index is 1160. The van der Waals surface area contributed by atoms with Gasteiger partial charge in [-0.25, -0.2) is 4.98 Å². The molecule has 3 N–H and O–H groups in total. The van der Waals surface area contributed by atoms with Crippen molar-refractivity contribution in [1.29, 1.82) is 0 Å². The van der Waals surface area contributed by atoms with Crippen LogP contribution in [0.25, 0.3) is 21.8 Å². The third kappa shape index (κ3) is 8.60. The minimum absolute atomic E-state index is 0.353. The number of ether oxygens (including phenoxy) is 1. The summed E-state index contributed by atoms with van der Waals surface area (Å²) < 4.78 is 37.0. The van der Waals surface area contributed by atoms with E-state index >= 15 is 0 Å². The van der Waals surface area contributed by atoms with Gasteiger partial charge in [0.2, 0.25) is 0 Å². The third-order valence-electron chi connectivity index (χ3n) is 5.34. The highest BCUT2D eigenvalue weighted by molar-refractivity contribution is 7.79. The molecule has 1 aromatic heterocycles. The van der Waals surface area contributed by atoms with Gasteiger partial charge >= 0.3 is 10.4 Å². The zero-order valence-electron chi connectivity index (χ0n) is 19.4. The van der Waals surface area contributed by atoms with Crippen molar-refractivity contribution < 1.29 is 22.3 Å². The maximum atomic E-state index is 8.74. The number of anilines is 1. The Balaban J connectivity index is 0.000000696. The quantitative estimate of drug-likeness (QED) is 0.269. The fourth-order valence-electron chi connectivity index (χ4n) is 3.66. The Morgan fingerprint density at radius 1 is 1.09 bits per heavy atom. The zero-order chi connectivity index (χ0) is 24.6. The molecule has 182 valence electrons. The smallest absolute Gasteiger partial charge is 0.394 e. The van der Waals surface area contributed by atoms with Gasteiger partial charge in [0.15, 0.2) is 0 Å². The molecule has 3 rings (SSSR count). The Labute approximate surface area is 200 Å². The predicted molar refractivity (Wildman–Crippen MR) is 135 cm³/mol. The number of fused-ring (bicyclic) bond motifs is 2. The average molecular weight is 498 g/mol. The first kappa shape index (κ1) is 27.1. The minimum Gasteiger partial charge on any atom is -0.497 e. The first-order chi connectivity index (χ1) is 15.5. The van der Waals surface area contributed by atoms with Gasteiger partial charge in [0.1, 0.15) is 5.75 Å². The molecule has 10 heteroatoms. The van der Waals surface area contributed by atoms with Crippen molar-refractivity contribution in [3.8, 4) is 5.75 Å². The van der Waals surface area contributed by atoms with Gasteiger partial charge < -0.3 is 15.0 Å². The summed E-state index contributed by atoms with van der Waals surface area (Å²) in [6.45, 7) is 10.0. The molecular weight excluding hydrogens is 466 g/mol. The van der Waals surface area contributed by atoms with Crippen molar-refractivity contribution >= 4 is 49.5 Å². The molecule has 0 bridgehead atoms. The van der Waals surface area contributed by atoms with E-state index < -0.39 is 10.4 Å². The maximum absolute atomic E-state index is 8.74. The number of benzene rings is 2. The zero-order valence-corrected chi connectivity index (χ0v) is 20.9. The molecule has 0 amide bonds. The summed E-state index contributed by atoms with van der Waals surface area (Å²) in [4.78, 5) is 7.27. The van der Waals surface area contributed by atoms with Gasteiger partial charge in [-0.05, 0) is 75.8 Å². The largest absolute Gasteiger partial charge is 0.497 e. The van der Waals surface area contributed by atoms with Gasteiger partial charge in [0, 0.05) is 21.8 Å². The first-order valence-electron chi connectivity index (χ1n) is 10.8. The molecule has 0 radical (unpaired) electrons. The number of methoxy groups -OCH3 is 1. The van der Waals surface area contributed by atoms with Crippen molar-refractivity contribution in [2.45, 2.75) is 39.7 Å². The molecule has 1 unspecified atom stereocenters. The molecule has 0 saturated carbocycles. The molecule has 0 aliphatic carbocycles. The summed E-state index contributed by atoms with van der Waals surface area (Å²) in [5.74, 6) is 0.833. The standard InChI is InChI=1S/C23H30ClN3O.H2O4S/c1-5-27(6-2)13-7-8-16(3)25-23-19-11-9-17(24)14-22(19)26-21-12-10-18(28-4)15-20(21)23;1-5(2,3)4/h9-12,14-16H,5-8,13H2,1-4H3,(H,25,26);(H2,1,2,3,4). The van der Waals surface area contributed by atoms with Crippen LogP contribution in [0.2, 0.25) is 5.02 Å². The molecule has 0 fully saturated rings. The lowest BCUT2D eigenvalue weighted by Crippen LogP contribution is -2.25. The highest BCUT2D eigenvalue weighted by atomic mass is 35.5. The van der Waals surface area contributed by atoms with Crippen LogP contribution >= 0.6 is 11.6 Å².